The summed E-state index contributed by atoms with van der Waals surface area (Å²) in [7, 11) is 0. The van der Waals surface area contributed by atoms with Crippen LogP contribution in [-0.4, -0.2) is 129 Å². The average Bonchev–Trinajstić information content (AvgIpc) is 1.58. The van der Waals surface area contributed by atoms with E-state index >= 15 is 0 Å². The molecule has 4 aliphatic heterocycles. The fraction of sp³-hybridized carbons (Fsp3) is 0.449. The predicted molar refractivity (Wildman–Crippen MR) is 370 cm³/mol. The lowest BCUT2D eigenvalue weighted by atomic mass is 9.85. The molecular formula is C69H86N16O14. The maximum absolute atomic E-state index is 13.9. The molecular weight excluding hydrogens is 1280 g/mol. The number of carbonyl (C=O) groups excluding carboxylic acids is 5. The first kappa shape index (κ1) is 71.1. The number of terminal acetylenes is 2. The minimum Gasteiger partial charge on any atom is -0.487 e. The molecule has 6 aromatic heterocycles. The lowest BCUT2D eigenvalue weighted by Gasteiger charge is -2.32. The first-order valence-electron chi connectivity index (χ1n) is 32.5. The second-order valence-electron chi connectivity index (χ2n) is 25.4. The van der Waals surface area contributed by atoms with Crippen LogP contribution in [0.2, 0.25) is 0 Å². The monoisotopic (exact) mass is 1360 g/mol. The molecule has 8 aromatic rings. The van der Waals surface area contributed by atoms with Crippen LogP contribution >= 0.6 is 0 Å². The third-order valence-electron chi connectivity index (χ3n) is 18.4. The molecule has 4 amide bonds. The molecule has 2 bridgehead atoms. The van der Waals surface area contributed by atoms with Crippen LogP contribution in [0.3, 0.4) is 0 Å². The van der Waals surface area contributed by atoms with Crippen molar-refractivity contribution in [1.29, 1.82) is 0 Å². The van der Waals surface area contributed by atoms with Crippen molar-refractivity contribution in [2.75, 3.05) is 20.9 Å². The van der Waals surface area contributed by atoms with Gasteiger partial charge in [0, 0.05) is 46.7 Å². The number of benzene rings is 2. The Bertz CT molecular complexity index is 4590. The third kappa shape index (κ3) is 13.3. The highest BCUT2D eigenvalue weighted by Gasteiger charge is 2.62. The number of nitrogens with one attached hydrogen (secondary N) is 5. The van der Waals surface area contributed by atoms with E-state index in [0.717, 1.165) is 6.42 Å². The van der Waals surface area contributed by atoms with Gasteiger partial charge in [-0.1, -0.05) is 138 Å². The van der Waals surface area contributed by atoms with Gasteiger partial charge in [0.2, 0.25) is 35.6 Å². The van der Waals surface area contributed by atoms with Crippen molar-refractivity contribution in [1.82, 2.24) is 58.6 Å². The first-order valence-corrected chi connectivity index (χ1v) is 32.5. The summed E-state index contributed by atoms with van der Waals surface area (Å²) >= 11 is 0. The largest absolute Gasteiger partial charge is 0.487 e. The Hall–Kier alpha value is -10.7. The van der Waals surface area contributed by atoms with E-state index < -0.39 is 70.9 Å². The summed E-state index contributed by atoms with van der Waals surface area (Å²) in [6, 6.07) is 18.0. The molecule has 4 fully saturated rings. The zero-order valence-corrected chi connectivity index (χ0v) is 57.1. The summed E-state index contributed by atoms with van der Waals surface area (Å²) in [6.07, 6.45) is 12.7. The van der Waals surface area contributed by atoms with Gasteiger partial charge in [-0.05, 0) is 43.5 Å². The smallest absolute Gasteiger partial charge is 0.425 e. The molecule has 0 aliphatic carbocycles. The van der Waals surface area contributed by atoms with Gasteiger partial charge in [0.25, 0.3) is 17.0 Å². The minimum absolute atomic E-state index is 0. The summed E-state index contributed by atoms with van der Waals surface area (Å²) in [5, 5.41) is 18.5. The number of rotatable bonds is 16. The maximum atomic E-state index is 13.9. The van der Waals surface area contributed by atoms with Crippen molar-refractivity contribution in [2.24, 2.45) is 35.5 Å². The van der Waals surface area contributed by atoms with Gasteiger partial charge in [0.1, 0.15) is 34.8 Å². The number of hydrogen-bond acceptors (Lipinski definition) is 21. The number of para-hydroxylation sites is 2. The van der Waals surface area contributed by atoms with Crippen molar-refractivity contribution >= 4 is 92.5 Å². The SMILES string of the molecule is C#C[C@]1(CC)O[C@@H](n2cnc3c(=O)[nH]c(NC(=O)C(C)C)nc32)[C@@H](O)C1C.C#C[C@]1(CC)O[C@@H](n2cnc3c(OC(=O)N(c4ccccc4)c4ccccc4)nc(NC(=O)C(C)C)nc32)[C@@H](OC(C)=O)C1C.C=C1O[C@H]2C(C)[C@@]1(CC)O[C@H]2n1cnc2c(=O)[nH]c(NC(=O)C(C)C)nc21.[HH].[HH].[HH]. The minimum atomic E-state index is -1.04. The number of aromatic amines is 2. The Morgan fingerprint density at radius 1 is 0.646 bits per heavy atom. The normalized spacial score (nSPS) is 25.1. The van der Waals surface area contributed by atoms with Gasteiger partial charge >= 0.3 is 12.1 Å². The van der Waals surface area contributed by atoms with E-state index in [0.29, 0.717) is 35.6 Å². The number of esters is 1. The van der Waals surface area contributed by atoms with Crippen molar-refractivity contribution in [3.63, 3.8) is 0 Å². The molecule has 10 heterocycles. The van der Waals surface area contributed by atoms with E-state index in [1.165, 1.54) is 35.4 Å². The van der Waals surface area contributed by atoms with Gasteiger partial charge in [-0.15, -0.1) is 12.8 Å². The molecule has 0 radical (unpaired) electrons. The van der Waals surface area contributed by atoms with Crippen LogP contribution in [0.1, 0.15) is 132 Å². The van der Waals surface area contributed by atoms with E-state index in [1.807, 2.05) is 46.8 Å². The number of anilines is 5. The van der Waals surface area contributed by atoms with Crippen molar-refractivity contribution in [3.8, 4) is 30.6 Å². The van der Waals surface area contributed by atoms with Gasteiger partial charge in [-0.2, -0.15) is 19.9 Å². The number of H-pyrrole nitrogens is 2. The first-order chi connectivity index (χ1) is 47.1. The van der Waals surface area contributed by atoms with Gasteiger partial charge in [0.15, 0.2) is 58.3 Å². The zero-order valence-electron chi connectivity index (χ0n) is 57.1. The van der Waals surface area contributed by atoms with E-state index in [4.69, 9.17) is 41.3 Å². The number of ether oxygens (including phenoxy) is 6. The standard InChI is InChI=1S/C33H34N6O6.2C18H23N5O4.3H2/c1-7-33(8-2)21(5)26(43-22(6)40)30(45-33)38-19-34-25-27(38)35-31(36-28(41)20(3)4)37-29(25)44-32(42)39(23-15-11-9-12-16-23)24-17-13-10-14-18-24;1-6-18-9(4)12(26-10(18)5)16(27-18)23-7-19-11-13(23)20-17(22-15(11)25)21-14(24)8(2)3;1-6-18(7-2)10(5)12(24)16(27-18)23-8-19-11-13(23)20-17(22-15(11)26)21-14(25)9(3)4;;;/h1,9-21,26,30H,8H2,2-6H3,(H,35,36,37,41);7-9,12,16H,5-6H2,1-4H3,(H2,20,21,22,24,25);1,8-10,12,16,24H,7H2,2-5H3,(H2,20,21,22,25,26);3*1H/t21?,26-,30+,33+;9?,12-,16+,18+;10?,12-,16+,18+;;;/m000.../s1. The van der Waals surface area contributed by atoms with E-state index in [-0.39, 0.29) is 115 Å². The molecule has 30 nitrogen and oxygen atoms in total. The second-order valence-corrected chi connectivity index (χ2v) is 25.4. The Balaban J connectivity index is 0.000000222. The maximum Gasteiger partial charge on any atom is 0.425 e. The van der Waals surface area contributed by atoms with Crippen LogP contribution < -0.4 is 36.7 Å². The highest BCUT2D eigenvalue weighted by atomic mass is 16.6. The number of aromatic nitrogens is 12. The molecule has 2 aromatic carbocycles. The van der Waals surface area contributed by atoms with Crippen LogP contribution in [0.4, 0.5) is 34.0 Å². The quantitative estimate of drug-likeness (QED) is 0.0387. The molecule has 526 valence electrons. The lowest BCUT2D eigenvalue weighted by molar-refractivity contribution is -0.153. The van der Waals surface area contributed by atoms with E-state index in [1.54, 1.807) is 99.2 Å². The summed E-state index contributed by atoms with van der Waals surface area (Å²) in [6.45, 7) is 27.3. The van der Waals surface area contributed by atoms with Crippen LogP contribution in [-0.2, 0) is 42.9 Å². The average molecular weight is 1360 g/mol. The number of carbonyl (C=O) groups is 5. The highest BCUT2D eigenvalue weighted by molar-refractivity contribution is 5.98. The van der Waals surface area contributed by atoms with E-state index in [2.05, 4.69) is 86.1 Å². The molecule has 0 saturated carbocycles. The number of aliphatic hydroxyl groups excluding tert-OH is 1. The lowest BCUT2D eigenvalue weighted by Crippen LogP contribution is -2.35. The molecule has 12 rings (SSSR count). The van der Waals surface area contributed by atoms with Crippen molar-refractivity contribution < 1.29 is 61.8 Å². The Labute approximate surface area is 573 Å². The van der Waals surface area contributed by atoms with Crippen LogP contribution in [0, 0.1) is 60.2 Å². The van der Waals surface area contributed by atoms with Crippen molar-refractivity contribution in [2.45, 2.75) is 163 Å². The molecule has 0 spiro atoms. The van der Waals surface area contributed by atoms with Gasteiger partial charge in [-0.25, -0.2) is 24.6 Å². The predicted octanol–water partition coefficient (Wildman–Crippen LogP) is 9.34. The topological polar surface area (TPSA) is 371 Å². The molecule has 30 heteroatoms. The number of fused-ring (bicyclic) bond motifs is 5. The summed E-state index contributed by atoms with van der Waals surface area (Å²) in [5.41, 5.74) is -1.26. The number of amides is 4. The number of aliphatic hydroxyl groups is 1. The second kappa shape index (κ2) is 28.4. The van der Waals surface area contributed by atoms with Gasteiger partial charge in [-0.3, -0.25) is 68.4 Å². The van der Waals surface area contributed by atoms with E-state index in [9.17, 15) is 38.7 Å². The highest BCUT2D eigenvalue weighted by Crippen LogP contribution is 2.56. The van der Waals surface area contributed by atoms with Gasteiger partial charge in [0.05, 0.1) is 30.4 Å². The third-order valence-corrected chi connectivity index (χ3v) is 18.4. The fourth-order valence-electron chi connectivity index (χ4n) is 12.4. The zero-order chi connectivity index (χ0) is 71.7. The molecule has 3 unspecified atom stereocenters. The van der Waals surface area contributed by atoms with Crippen molar-refractivity contribution in [3.05, 3.63) is 113 Å². The molecule has 4 saturated heterocycles. The summed E-state index contributed by atoms with van der Waals surface area (Å²) < 4.78 is 41.0. The Morgan fingerprint density at radius 2 is 1.10 bits per heavy atom. The summed E-state index contributed by atoms with van der Waals surface area (Å²) in [4.78, 5) is 124. The Morgan fingerprint density at radius 3 is 1.56 bits per heavy atom. The molecule has 12 atom stereocenters. The Kier molecular flexibility index (Phi) is 20.4. The fourth-order valence-corrected chi connectivity index (χ4v) is 12.4. The number of hydrogen-bond donors (Lipinski definition) is 6. The van der Waals surface area contributed by atoms with Crippen LogP contribution in [0.15, 0.2) is 102 Å². The van der Waals surface area contributed by atoms with Crippen LogP contribution in [0.25, 0.3) is 33.5 Å². The molecule has 4 aliphatic rings. The molecule has 99 heavy (non-hydrogen) atoms. The summed E-state index contributed by atoms with van der Waals surface area (Å²) in [5.74, 6) is 2.90. The number of nitrogens with zero attached hydrogens (tertiary/aromatic N) is 11. The molecule has 6 N–H and O–H groups in total. The van der Waals surface area contributed by atoms with Gasteiger partial charge < -0.3 is 33.5 Å². The number of imidazole rings is 3. The van der Waals surface area contributed by atoms with Crippen LogP contribution in [0.5, 0.6) is 5.88 Å².